The van der Waals surface area contributed by atoms with E-state index >= 15 is 0 Å². The second-order valence-corrected chi connectivity index (χ2v) is 15.7. The molecule has 2 amide bonds. The van der Waals surface area contributed by atoms with E-state index in [4.69, 9.17) is 10.2 Å². The van der Waals surface area contributed by atoms with E-state index in [0.29, 0.717) is 18.8 Å². The molecule has 4 atom stereocenters. The summed E-state index contributed by atoms with van der Waals surface area (Å²) in [5, 5.41) is 2.69. The van der Waals surface area contributed by atoms with Crippen molar-refractivity contribution >= 4 is 20.1 Å². The number of carbonyl (C=O) groups excluding carboxylic acids is 2. The van der Waals surface area contributed by atoms with Gasteiger partial charge in [0.15, 0.2) is 8.32 Å². The van der Waals surface area contributed by atoms with Crippen LogP contribution in [0.2, 0.25) is 18.1 Å². The predicted molar refractivity (Wildman–Crippen MR) is 125 cm³/mol. The first-order valence-electron chi connectivity index (χ1n) is 11.3. The summed E-state index contributed by atoms with van der Waals surface area (Å²) in [4.78, 5) is 25.2. The van der Waals surface area contributed by atoms with E-state index in [1.165, 1.54) is 0 Å². The van der Waals surface area contributed by atoms with Gasteiger partial charge in [-0.15, -0.1) is 0 Å². The zero-order valence-corrected chi connectivity index (χ0v) is 21.9. The van der Waals surface area contributed by atoms with E-state index in [9.17, 15) is 9.59 Å². The molecule has 0 aliphatic heterocycles. The highest BCUT2D eigenvalue weighted by atomic mass is 28.4. The number of amides is 2. The zero-order valence-electron chi connectivity index (χ0n) is 20.9. The van der Waals surface area contributed by atoms with Gasteiger partial charge in [-0.25, -0.2) is 0 Å². The van der Waals surface area contributed by atoms with Crippen LogP contribution in [0.25, 0.3) is 0 Å². The minimum Gasteiger partial charge on any atom is -0.412 e. The van der Waals surface area contributed by atoms with Gasteiger partial charge in [0, 0.05) is 17.9 Å². The Bertz CT molecular complexity index is 527. The summed E-state index contributed by atoms with van der Waals surface area (Å²) in [6.07, 6.45) is 1.90. The van der Waals surface area contributed by atoms with E-state index in [1.807, 2.05) is 27.7 Å². The molecule has 3 N–H and O–H groups in total. The summed E-state index contributed by atoms with van der Waals surface area (Å²) >= 11 is 0. The van der Waals surface area contributed by atoms with Crippen LogP contribution in [0.15, 0.2) is 0 Å². The second-order valence-electron chi connectivity index (χ2n) is 11.0. The number of nitrogens with two attached hydrogens (primary N) is 1. The lowest BCUT2D eigenvalue weighted by Crippen LogP contribution is -2.51. The fourth-order valence-corrected chi connectivity index (χ4v) is 4.40. The average molecular weight is 429 g/mol. The van der Waals surface area contributed by atoms with Crippen LogP contribution in [0.3, 0.4) is 0 Å². The minimum absolute atomic E-state index is 0.0604. The molecule has 0 aromatic rings. The van der Waals surface area contributed by atoms with Crippen molar-refractivity contribution in [1.29, 1.82) is 0 Å². The molecule has 0 rings (SSSR count). The number of hydrogen-bond donors (Lipinski definition) is 2. The minimum atomic E-state index is -2.05. The van der Waals surface area contributed by atoms with Gasteiger partial charge < -0.3 is 10.2 Å². The maximum atomic E-state index is 12.9. The van der Waals surface area contributed by atoms with Gasteiger partial charge in [0.1, 0.15) is 0 Å². The van der Waals surface area contributed by atoms with E-state index in [0.717, 1.165) is 6.42 Å². The fourth-order valence-electron chi connectivity index (χ4n) is 3.02. The Balaban J connectivity index is 5.61. The van der Waals surface area contributed by atoms with E-state index in [2.05, 4.69) is 53.0 Å². The molecular weight excluding hydrogens is 380 g/mol. The molecule has 0 saturated carbocycles. The Morgan fingerprint density at radius 2 is 1.52 bits per heavy atom. The second kappa shape index (κ2) is 11.6. The molecule has 0 spiro atoms. The zero-order chi connectivity index (χ0) is 23.2. The Labute approximate surface area is 181 Å². The lowest BCUT2D eigenvalue weighted by molar-refractivity contribution is -0.136. The third-order valence-corrected chi connectivity index (χ3v) is 10.9. The third-order valence-electron chi connectivity index (χ3n) is 6.41. The summed E-state index contributed by atoms with van der Waals surface area (Å²) in [5.74, 6) is -0.335. The van der Waals surface area contributed by atoms with Gasteiger partial charge in [-0.2, -0.15) is 0 Å². The van der Waals surface area contributed by atoms with Gasteiger partial charge in [-0.3, -0.25) is 14.9 Å². The molecule has 29 heavy (non-hydrogen) atoms. The van der Waals surface area contributed by atoms with E-state index < -0.39 is 8.32 Å². The highest BCUT2D eigenvalue weighted by Crippen LogP contribution is 2.39. The van der Waals surface area contributed by atoms with E-state index in [1.54, 1.807) is 0 Å². The molecule has 0 radical (unpaired) electrons. The van der Waals surface area contributed by atoms with Crippen LogP contribution < -0.4 is 11.1 Å². The molecule has 172 valence electrons. The molecule has 0 aromatic carbocycles. The Kier molecular flexibility index (Phi) is 11.3. The lowest BCUT2D eigenvalue weighted by atomic mass is 9.85. The Morgan fingerprint density at radius 1 is 1.00 bits per heavy atom. The summed E-state index contributed by atoms with van der Waals surface area (Å²) in [6.45, 7) is 23.2. The molecule has 5 nitrogen and oxygen atoms in total. The van der Waals surface area contributed by atoms with Crippen molar-refractivity contribution in [3.05, 3.63) is 0 Å². The molecule has 0 saturated heterocycles. The van der Waals surface area contributed by atoms with Crippen molar-refractivity contribution in [2.24, 2.45) is 29.4 Å². The van der Waals surface area contributed by atoms with Gasteiger partial charge in [-0.05, 0) is 49.2 Å². The Morgan fingerprint density at radius 3 is 1.90 bits per heavy atom. The van der Waals surface area contributed by atoms with Crippen molar-refractivity contribution in [1.82, 2.24) is 5.32 Å². The molecule has 0 fully saturated rings. The normalized spacial score (nSPS) is 17.2. The van der Waals surface area contributed by atoms with Crippen LogP contribution in [-0.4, -0.2) is 32.3 Å². The molecule has 6 heteroatoms. The predicted octanol–water partition coefficient (Wildman–Crippen LogP) is 5.10. The summed E-state index contributed by atoms with van der Waals surface area (Å²) in [5.41, 5.74) is 6.59. The highest BCUT2D eigenvalue weighted by molar-refractivity contribution is 6.74. The third kappa shape index (κ3) is 9.31. The highest BCUT2D eigenvalue weighted by Gasteiger charge is 2.41. The molecule has 1 unspecified atom stereocenters. The lowest BCUT2D eigenvalue weighted by Gasteiger charge is -2.42. The number of rotatable bonds is 11. The first-order chi connectivity index (χ1) is 13.0. The average Bonchev–Trinajstić information content (AvgIpc) is 2.55. The summed E-state index contributed by atoms with van der Waals surface area (Å²) in [6, 6.07) is -0.136. The van der Waals surface area contributed by atoms with Crippen molar-refractivity contribution in [2.45, 2.75) is 112 Å². The van der Waals surface area contributed by atoms with Crippen molar-refractivity contribution in [2.75, 3.05) is 0 Å². The van der Waals surface area contributed by atoms with Gasteiger partial charge in [0.05, 0.1) is 6.10 Å². The Hall–Kier alpha value is -0.723. The maximum Gasteiger partial charge on any atom is 0.230 e. The van der Waals surface area contributed by atoms with Gasteiger partial charge in [0.25, 0.3) is 0 Å². The largest absolute Gasteiger partial charge is 0.412 e. The number of hydrogen-bond acceptors (Lipinski definition) is 4. The monoisotopic (exact) mass is 428 g/mol. The van der Waals surface area contributed by atoms with Crippen molar-refractivity contribution in [3.63, 3.8) is 0 Å². The van der Waals surface area contributed by atoms with Crippen LogP contribution in [0, 0.1) is 23.7 Å². The van der Waals surface area contributed by atoms with Gasteiger partial charge in [0.2, 0.25) is 11.8 Å². The molecule has 0 aliphatic carbocycles. The van der Waals surface area contributed by atoms with Crippen LogP contribution >= 0.6 is 0 Å². The first kappa shape index (κ1) is 28.3. The standard InChI is InChI=1S/C23H48N2O3Si/c1-12-17(6)21(26)25-22(27)18(16(4)5)14-20(19(24)13-15(2)3)28-29(10,11)23(7,8)9/h15-20H,12-14,24H2,1-11H3,(H,25,26,27)/t17-,18?,19-,20-/m0/s1. The van der Waals surface area contributed by atoms with Gasteiger partial charge in [-0.1, -0.05) is 62.3 Å². The van der Waals surface area contributed by atoms with Crippen LogP contribution in [-0.2, 0) is 14.0 Å². The maximum absolute atomic E-state index is 12.9. The number of nitrogens with one attached hydrogen (secondary N) is 1. The SMILES string of the molecule is CC[C@H](C)C(=O)NC(=O)C(C[C@H](O[Si](C)(C)C(C)(C)C)[C@@H](N)CC(C)C)C(C)C. The van der Waals surface area contributed by atoms with Crippen LogP contribution in [0.4, 0.5) is 0 Å². The van der Waals surface area contributed by atoms with Gasteiger partial charge >= 0.3 is 0 Å². The smallest absolute Gasteiger partial charge is 0.230 e. The number of imide groups is 1. The molecule has 0 aromatic heterocycles. The van der Waals surface area contributed by atoms with E-state index in [-0.39, 0.29) is 46.8 Å². The van der Waals surface area contributed by atoms with Crippen molar-refractivity contribution < 1.29 is 14.0 Å². The molecule has 0 aliphatic rings. The van der Waals surface area contributed by atoms with Crippen LogP contribution in [0.1, 0.15) is 81.6 Å². The fraction of sp³-hybridized carbons (Fsp3) is 0.913. The molecular formula is C23H48N2O3Si. The summed E-state index contributed by atoms with van der Waals surface area (Å²) in [7, 11) is -2.05. The molecule has 0 heterocycles. The van der Waals surface area contributed by atoms with Crippen molar-refractivity contribution in [3.8, 4) is 0 Å². The number of carbonyl (C=O) groups is 2. The topological polar surface area (TPSA) is 81.4 Å². The summed E-state index contributed by atoms with van der Waals surface area (Å²) < 4.78 is 6.72. The first-order valence-corrected chi connectivity index (χ1v) is 14.2. The van der Waals surface area contributed by atoms with Crippen LogP contribution in [0.5, 0.6) is 0 Å². The quantitative estimate of drug-likeness (QED) is 0.448. The molecule has 0 bridgehead atoms.